The van der Waals surface area contributed by atoms with Crippen molar-refractivity contribution in [2.24, 2.45) is 5.41 Å². The van der Waals surface area contributed by atoms with Crippen molar-refractivity contribution in [2.75, 3.05) is 5.32 Å². The Balaban J connectivity index is 1.67. The van der Waals surface area contributed by atoms with Crippen molar-refractivity contribution < 1.29 is 4.79 Å². The molecule has 1 aromatic heterocycles. The minimum atomic E-state index is -0.370. The van der Waals surface area contributed by atoms with Crippen molar-refractivity contribution in [1.82, 2.24) is 14.8 Å². The average molecular weight is 424 g/mol. The van der Waals surface area contributed by atoms with Crippen LogP contribution in [0.2, 0.25) is 0 Å². The maximum absolute atomic E-state index is 13.3. The Kier molecular flexibility index (Phi) is 4.52. The molecular weight excluding hydrogens is 398 g/mol. The van der Waals surface area contributed by atoms with Crippen LogP contribution in [-0.2, 0) is 4.79 Å². The molecule has 0 radical (unpaired) electrons. The molecule has 0 saturated heterocycles. The molecule has 6 heteroatoms. The molecule has 32 heavy (non-hydrogen) atoms. The van der Waals surface area contributed by atoms with Crippen molar-refractivity contribution in [3.05, 3.63) is 76.0 Å². The van der Waals surface area contributed by atoms with E-state index >= 15 is 0 Å². The first-order chi connectivity index (χ1) is 15.3. The zero-order valence-corrected chi connectivity index (χ0v) is 18.7. The number of nitriles is 1. The summed E-state index contributed by atoms with van der Waals surface area (Å²) in [7, 11) is 0. The van der Waals surface area contributed by atoms with Gasteiger partial charge in [-0.25, -0.2) is 4.68 Å². The number of Topliss-reactive ketones (excluding diaryl/α,β-unsaturated/α-hetero) is 1. The van der Waals surface area contributed by atoms with E-state index in [1.165, 1.54) is 11.1 Å². The van der Waals surface area contributed by atoms with Gasteiger partial charge in [-0.1, -0.05) is 38.1 Å². The molecule has 2 aromatic carbocycles. The summed E-state index contributed by atoms with van der Waals surface area (Å²) in [6.07, 6.45) is 1.26. The van der Waals surface area contributed by atoms with E-state index in [9.17, 15) is 10.1 Å². The molecular formula is C26H25N5O. The van der Waals surface area contributed by atoms with E-state index in [2.05, 4.69) is 51.2 Å². The summed E-state index contributed by atoms with van der Waals surface area (Å²) < 4.78 is 1.82. The van der Waals surface area contributed by atoms with Gasteiger partial charge in [-0.3, -0.25) is 4.79 Å². The van der Waals surface area contributed by atoms with Gasteiger partial charge >= 0.3 is 0 Å². The Labute approximate surface area is 187 Å². The van der Waals surface area contributed by atoms with Gasteiger partial charge in [0, 0.05) is 23.3 Å². The largest absolute Gasteiger partial charge is 0.328 e. The van der Waals surface area contributed by atoms with Gasteiger partial charge in [-0.05, 0) is 60.6 Å². The van der Waals surface area contributed by atoms with Crippen LogP contribution in [0.15, 0.2) is 53.7 Å². The van der Waals surface area contributed by atoms with Crippen LogP contribution in [0, 0.1) is 30.6 Å². The van der Waals surface area contributed by atoms with Crippen LogP contribution in [0.1, 0.15) is 55.0 Å². The number of ketones is 1. The second-order valence-corrected chi connectivity index (χ2v) is 9.60. The number of nitrogens with one attached hydrogen (secondary N) is 1. The maximum atomic E-state index is 13.3. The third-order valence-electron chi connectivity index (χ3n) is 6.45. The number of aromatic nitrogens is 3. The molecule has 2 aliphatic rings. The highest BCUT2D eigenvalue weighted by Gasteiger charge is 2.41. The fourth-order valence-electron chi connectivity index (χ4n) is 4.66. The summed E-state index contributed by atoms with van der Waals surface area (Å²) in [5.41, 5.74) is 6.41. The van der Waals surface area contributed by atoms with Crippen LogP contribution >= 0.6 is 0 Å². The quantitative estimate of drug-likeness (QED) is 0.621. The van der Waals surface area contributed by atoms with E-state index in [4.69, 9.17) is 10.1 Å². The Morgan fingerprint density at radius 1 is 1.09 bits per heavy atom. The van der Waals surface area contributed by atoms with Crippen LogP contribution in [0.3, 0.4) is 0 Å². The first kappa shape index (κ1) is 20.2. The minimum absolute atomic E-state index is 0.114. The molecule has 0 bridgehead atoms. The van der Waals surface area contributed by atoms with Gasteiger partial charge in [0.1, 0.15) is 6.04 Å². The van der Waals surface area contributed by atoms with Crippen LogP contribution < -0.4 is 5.32 Å². The zero-order chi connectivity index (χ0) is 22.6. The van der Waals surface area contributed by atoms with Crippen LogP contribution in [0.5, 0.6) is 0 Å². The monoisotopic (exact) mass is 423 g/mol. The summed E-state index contributed by atoms with van der Waals surface area (Å²) >= 11 is 0. The van der Waals surface area contributed by atoms with Gasteiger partial charge < -0.3 is 5.32 Å². The van der Waals surface area contributed by atoms with Crippen molar-refractivity contribution in [3.63, 3.8) is 0 Å². The number of benzene rings is 2. The van der Waals surface area contributed by atoms with Crippen LogP contribution in [0.25, 0.3) is 11.4 Å². The predicted octanol–water partition coefficient (Wildman–Crippen LogP) is 5.09. The second-order valence-electron chi connectivity index (χ2n) is 9.60. The zero-order valence-electron chi connectivity index (χ0n) is 18.7. The molecule has 1 aliphatic heterocycles. The molecule has 0 spiro atoms. The molecule has 160 valence electrons. The molecule has 0 fully saturated rings. The normalized spacial score (nSPS) is 19.1. The Morgan fingerprint density at radius 3 is 2.53 bits per heavy atom. The smallest absolute Gasteiger partial charge is 0.226 e. The summed E-state index contributed by atoms with van der Waals surface area (Å²) in [6, 6.07) is 15.4. The summed E-state index contributed by atoms with van der Waals surface area (Å²) in [6.45, 7) is 8.39. The number of hydrogen-bond acceptors (Lipinski definition) is 5. The number of nitrogens with zero attached hydrogens (tertiary/aromatic N) is 4. The van der Waals surface area contributed by atoms with E-state index in [1.807, 2.05) is 22.9 Å². The number of rotatable bonds is 2. The molecule has 1 N–H and O–H groups in total. The molecule has 1 unspecified atom stereocenters. The van der Waals surface area contributed by atoms with E-state index in [0.29, 0.717) is 23.8 Å². The molecule has 6 nitrogen and oxygen atoms in total. The number of anilines is 1. The van der Waals surface area contributed by atoms with Crippen molar-refractivity contribution in [2.45, 2.75) is 46.6 Å². The van der Waals surface area contributed by atoms with E-state index < -0.39 is 0 Å². The highest BCUT2D eigenvalue weighted by Crippen LogP contribution is 2.45. The van der Waals surface area contributed by atoms with Crippen LogP contribution in [-0.4, -0.2) is 20.5 Å². The number of carbonyl (C=O) groups is 1. The van der Waals surface area contributed by atoms with Gasteiger partial charge in [-0.2, -0.15) is 10.2 Å². The number of carbonyl (C=O) groups excluding carboxylic acids is 1. The maximum Gasteiger partial charge on any atom is 0.226 e. The third kappa shape index (κ3) is 3.31. The topological polar surface area (TPSA) is 83.6 Å². The summed E-state index contributed by atoms with van der Waals surface area (Å²) in [4.78, 5) is 18.1. The fraction of sp³-hybridized carbons (Fsp3) is 0.308. The molecule has 0 saturated carbocycles. The van der Waals surface area contributed by atoms with Gasteiger partial charge in [-0.15, -0.1) is 5.10 Å². The van der Waals surface area contributed by atoms with E-state index in [0.717, 1.165) is 28.8 Å². The highest BCUT2D eigenvalue weighted by molar-refractivity contribution is 6.00. The average Bonchev–Trinajstić information content (AvgIpc) is 3.17. The molecule has 3 aromatic rings. The standard InChI is InChI=1S/C26H25N5O/c1-15-5-8-19(11-16(15)2)24-29-25-28-20-12-26(3,4)13-21(32)22(20)23(31(25)30-24)18-9-6-17(14-27)7-10-18/h5-11,23H,12-13H2,1-4H3,(H,28,29,30). The lowest BCUT2D eigenvalue weighted by Crippen LogP contribution is -2.36. The summed E-state index contributed by atoms with van der Waals surface area (Å²) in [5.74, 6) is 1.39. The lowest BCUT2D eigenvalue weighted by Gasteiger charge is -2.38. The van der Waals surface area contributed by atoms with Gasteiger partial charge in [0.2, 0.25) is 5.95 Å². The Bertz CT molecular complexity index is 1320. The number of fused-ring (bicyclic) bond motifs is 1. The number of hydrogen-bond donors (Lipinski definition) is 1. The minimum Gasteiger partial charge on any atom is -0.328 e. The van der Waals surface area contributed by atoms with E-state index in [1.54, 1.807) is 12.1 Å². The Morgan fingerprint density at radius 2 is 1.84 bits per heavy atom. The number of allylic oxidation sites excluding steroid dienone is 2. The molecule has 2 heterocycles. The van der Waals surface area contributed by atoms with Crippen molar-refractivity contribution >= 4 is 11.7 Å². The molecule has 1 aliphatic carbocycles. The second kappa shape index (κ2) is 7.16. The molecule has 1 atom stereocenters. The summed E-state index contributed by atoms with van der Waals surface area (Å²) in [5, 5.41) is 17.5. The van der Waals surface area contributed by atoms with E-state index in [-0.39, 0.29) is 17.2 Å². The molecule has 5 rings (SSSR count). The lowest BCUT2D eigenvalue weighted by atomic mass is 9.73. The Hall–Kier alpha value is -3.72. The van der Waals surface area contributed by atoms with Gasteiger partial charge in [0.25, 0.3) is 0 Å². The lowest BCUT2D eigenvalue weighted by molar-refractivity contribution is -0.118. The van der Waals surface area contributed by atoms with Crippen molar-refractivity contribution in [3.8, 4) is 17.5 Å². The third-order valence-corrected chi connectivity index (χ3v) is 6.45. The highest BCUT2D eigenvalue weighted by atomic mass is 16.1. The SMILES string of the molecule is Cc1ccc(-c2nc3n(n2)C(c2ccc(C#N)cc2)C2=C(CC(C)(C)CC2=O)N3)cc1C. The predicted molar refractivity (Wildman–Crippen MR) is 123 cm³/mol. The van der Waals surface area contributed by atoms with Gasteiger partial charge in [0.15, 0.2) is 11.6 Å². The first-order valence-electron chi connectivity index (χ1n) is 10.8. The van der Waals surface area contributed by atoms with Crippen LogP contribution in [0.4, 0.5) is 5.95 Å². The molecule has 0 amide bonds. The van der Waals surface area contributed by atoms with Gasteiger partial charge in [0.05, 0.1) is 11.6 Å². The van der Waals surface area contributed by atoms with Crippen molar-refractivity contribution in [1.29, 1.82) is 5.26 Å². The first-order valence-corrected chi connectivity index (χ1v) is 10.8. The number of aryl methyl sites for hydroxylation is 2. The fourth-order valence-corrected chi connectivity index (χ4v) is 4.66.